The topological polar surface area (TPSA) is 79.5 Å². The van der Waals surface area contributed by atoms with Gasteiger partial charge in [-0.25, -0.2) is 4.99 Å². The molecule has 0 aliphatic rings. The van der Waals surface area contributed by atoms with Crippen LogP contribution in [0.1, 0.15) is 19.4 Å². The molecule has 0 saturated carbocycles. The minimum atomic E-state index is -0.242. The fourth-order valence-corrected chi connectivity index (χ4v) is 1.41. The summed E-state index contributed by atoms with van der Waals surface area (Å²) in [6.45, 7) is 4.81. The first kappa shape index (κ1) is 19.2. The quantitative estimate of drug-likeness (QED) is 0.305. The predicted molar refractivity (Wildman–Crippen MR) is 97.8 cm³/mol. The Hall–Kier alpha value is -1.75. The van der Waals surface area contributed by atoms with Crippen LogP contribution in [-0.2, 0) is 4.79 Å². The molecule has 0 atom stereocenters. The van der Waals surface area contributed by atoms with Gasteiger partial charge in [0.05, 0.1) is 0 Å². The van der Waals surface area contributed by atoms with Crippen LogP contribution >= 0.6 is 24.0 Å². The normalized spacial score (nSPS) is 10.5. The molecule has 0 aromatic heterocycles. The van der Waals surface area contributed by atoms with Crippen molar-refractivity contribution in [3.63, 3.8) is 0 Å². The van der Waals surface area contributed by atoms with E-state index in [1.807, 2.05) is 0 Å². The third-order valence-corrected chi connectivity index (χ3v) is 2.40. The Morgan fingerprint density at radius 2 is 2.19 bits per heavy atom. The molecule has 4 N–H and O–H groups in total. The van der Waals surface area contributed by atoms with Crippen LogP contribution in [0.5, 0.6) is 0 Å². The van der Waals surface area contributed by atoms with E-state index < -0.39 is 0 Å². The maximum atomic E-state index is 11.7. The number of benzene rings is 1. The molecule has 0 aliphatic heterocycles. The van der Waals surface area contributed by atoms with E-state index in [9.17, 15) is 4.79 Å². The number of nitrogens with two attached hydrogens (primary N) is 1. The monoisotopic (exact) mass is 400 g/mol. The summed E-state index contributed by atoms with van der Waals surface area (Å²) < 4.78 is 0. The Labute approximate surface area is 142 Å². The number of guanidine groups is 1. The van der Waals surface area contributed by atoms with Gasteiger partial charge in [-0.3, -0.25) is 4.79 Å². The number of carbonyl (C=O) groups is 1. The Kier molecular flexibility index (Phi) is 9.21. The maximum absolute atomic E-state index is 11.7. The van der Waals surface area contributed by atoms with Gasteiger partial charge in [0.1, 0.15) is 6.54 Å². The zero-order valence-electron chi connectivity index (χ0n) is 12.2. The number of amides is 1. The average molecular weight is 400 g/mol. The maximum Gasteiger partial charge on any atom is 0.246 e. The van der Waals surface area contributed by atoms with E-state index >= 15 is 0 Å². The SMILES string of the molecule is C#Cc1cccc(NC(=O)CN=C(N)NCC(C)C)c1.I. The summed E-state index contributed by atoms with van der Waals surface area (Å²) in [5, 5.41) is 5.65. The number of nitrogens with one attached hydrogen (secondary N) is 2. The van der Waals surface area contributed by atoms with Crippen LogP contribution in [0.15, 0.2) is 29.3 Å². The van der Waals surface area contributed by atoms with E-state index in [-0.39, 0.29) is 42.4 Å². The summed E-state index contributed by atoms with van der Waals surface area (Å²) in [6.07, 6.45) is 5.30. The number of aliphatic imine (C=N–C) groups is 1. The Bertz CT molecular complexity index is 535. The average Bonchev–Trinajstić information content (AvgIpc) is 2.43. The number of nitrogens with zero attached hydrogens (tertiary/aromatic N) is 1. The van der Waals surface area contributed by atoms with Crippen LogP contribution in [0.4, 0.5) is 5.69 Å². The van der Waals surface area contributed by atoms with Gasteiger partial charge in [0.2, 0.25) is 5.91 Å². The van der Waals surface area contributed by atoms with Crippen LogP contribution in [-0.4, -0.2) is 25.0 Å². The first-order chi connectivity index (χ1) is 9.51. The van der Waals surface area contributed by atoms with Crippen molar-refractivity contribution in [2.45, 2.75) is 13.8 Å². The summed E-state index contributed by atoms with van der Waals surface area (Å²) in [7, 11) is 0. The van der Waals surface area contributed by atoms with Crippen molar-refractivity contribution in [2.75, 3.05) is 18.4 Å². The fourth-order valence-electron chi connectivity index (χ4n) is 1.41. The lowest BCUT2D eigenvalue weighted by atomic mass is 10.2. The molecular formula is C15H21IN4O. The van der Waals surface area contributed by atoms with E-state index in [4.69, 9.17) is 12.2 Å². The highest BCUT2D eigenvalue weighted by atomic mass is 127. The number of rotatable bonds is 5. The third-order valence-electron chi connectivity index (χ3n) is 2.40. The van der Waals surface area contributed by atoms with Gasteiger partial charge in [-0.2, -0.15) is 0 Å². The molecule has 1 aromatic rings. The summed E-state index contributed by atoms with van der Waals surface area (Å²) in [4.78, 5) is 15.7. The van der Waals surface area contributed by atoms with Gasteiger partial charge < -0.3 is 16.4 Å². The number of halogens is 1. The van der Waals surface area contributed by atoms with E-state index in [0.717, 1.165) is 6.54 Å². The first-order valence-electron chi connectivity index (χ1n) is 6.41. The van der Waals surface area contributed by atoms with Crippen LogP contribution < -0.4 is 16.4 Å². The molecule has 5 nitrogen and oxygen atoms in total. The van der Waals surface area contributed by atoms with Crippen LogP contribution in [0.3, 0.4) is 0 Å². The summed E-state index contributed by atoms with van der Waals surface area (Å²) in [5.74, 6) is 3.00. The molecular weight excluding hydrogens is 379 g/mol. The van der Waals surface area contributed by atoms with Crippen LogP contribution in [0, 0.1) is 18.3 Å². The lowest BCUT2D eigenvalue weighted by Crippen LogP contribution is -2.35. The molecule has 0 bridgehead atoms. The molecule has 0 saturated heterocycles. The fraction of sp³-hybridized carbons (Fsp3) is 0.333. The molecule has 0 spiro atoms. The van der Waals surface area contributed by atoms with Crippen molar-refractivity contribution in [3.05, 3.63) is 29.8 Å². The van der Waals surface area contributed by atoms with Gasteiger partial charge in [0, 0.05) is 17.8 Å². The Balaban J connectivity index is 0.00000400. The van der Waals surface area contributed by atoms with E-state index in [1.54, 1.807) is 24.3 Å². The molecule has 1 aromatic carbocycles. The molecule has 0 fully saturated rings. The van der Waals surface area contributed by atoms with Gasteiger partial charge in [0.25, 0.3) is 0 Å². The van der Waals surface area contributed by atoms with Crippen molar-refractivity contribution in [2.24, 2.45) is 16.6 Å². The number of terminal acetylenes is 1. The second-order valence-electron chi connectivity index (χ2n) is 4.75. The molecule has 0 unspecified atom stereocenters. The number of carbonyl (C=O) groups excluding carboxylic acids is 1. The molecule has 0 heterocycles. The van der Waals surface area contributed by atoms with Crippen LogP contribution in [0.2, 0.25) is 0 Å². The standard InChI is InChI=1S/C15H20N4O.HI/c1-4-12-6-5-7-13(8-12)19-14(20)10-18-15(16)17-9-11(2)3;/h1,5-8,11H,9-10H2,2-3H3,(H,19,20)(H3,16,17,18);1H. The van der Waals surface area contributed by atoms with Gasteiger partial charge in [-0.15, -0.1) is 30.4 Å². The van der Waals surface area contributed by atoms with Crippen molar-refractivity contribution in [3.8, 4) is 12.3 Å². The Morgan fingerprint density at radius 1 is 1.48 bits per heavy atom. The van der Waals surface area contributed by atoms with Gasteiger partial charge in [0.15, 0.2) is 5.96 Å². The molecule has 0 aliphatic carbocycles. The highest BCUT2D eigenvalue weighted by Gasteiger charge is 2.02. The van der Waals surface area contributed by atoms with Crippen molar-refractivity contribution < 1.29 is 4.79 Å². The zero-order chi connectivity index (χ0) is 15.0. The highest BCUT2D eigenvalue weighted by molar-refractivity contribution is 14.0. The largest absolute Gasteiger partial charge is 0.370 e. The number of hydrogen-bond donors (Lipinski definition) is 3. The lowest BCUT2D eigenvalue weighted by Gasteiger charge is -2.08. The third kappa shape index (κ3) is 8.19. The Morgan fingerprint density at radius 3 is 2.81 bits per heavy atom. The minimum absolute atomic E-state index is 0. The van der Waals surface area contributed by atoms with Gasteiger partial charge in [-0.1, -0.05) is 25.8 Å². The molecule has 114 valence electrons. The number of hydrogen-bond acceptors (Lipinski definition) is 2. The van der Waals surface area contributed by atoms with E-state index in [2.05, 4.69) is 35.4 Å². The van der Waals surface area contributed by atoms with Gasteiger partial charge in [-0.05, 0) is 24.1 Å². The van der Waals surface area contributed by atoms with Crippen molar-refractivity contribution >= 4 is 41.5 Å². The van der Waals surface area contributed by atoms with E-state index in [1.165, 1.54) is 0 Å². The van der Waals surface area contributed by atoms with Crippen LogP contribution in [0.25, 0.3) is 0 Å². The second kappa shape index (κ2) is 10.0. The zero-order valence-corrected chi connectivity index (χ0v) is 14.5. The predicted octanol–water partition coefficient (Wildman–Crippen LogP) is 1.78. The first-order valence-corrected chi connectivity index (χ1v) is 6.41. The summed E-state index contributed by atoms with van der Waals surface area (Å²) >= 11 is 0. The van der Waals surface area contributed by atoms with Crippen molar-refractivity contribution in [1.29, 1.82) is 0 Å². The minimum Gasteiger partial charge on any atom is -0.370 e. The molecule has 6 heteroatoms. The molecule has 0 radical (unpaired) electrons. The second-order valence-corrected chi connectivity index (χ2v) is 4.75. The summed E-state index contributed by atoms with van der Waals surface area (Å²) in [6, 6.07) is 7.07. The van der Waals surface area contributed by atoms with Crippen molar-refractivity contribution in [1.82, 2.24) is 5.32 Å². The smallest absolute Gasteiger partial charge is 0.246 e. The number of anilines is 1. The lowest BCUT2D eigenvalue weighted by molar-refractivity contribution is -0.114. The molecule has 21 heavy (non-hydrogen) atoms. The molecule has 1 rings (SSSR count). The summed E-state index contributed by atoms with van der Waals surface area (Å²) in [5.41, 5.74) is 7.00. The van der Waals surface area contributed by atoms with Gasteiger partial charge >= 0.3 is 0 Å². The van der Waals surface area contributed by atoms with E-state index in [0.29, 0.717) is 17.2 Å². The molecule has 1 amide bonds. The highest BCUT2D eigenvalue weighted by Crippen LogP contribution is 2.09.